The van der Waals surface area contributed by atoms with Crippen LogP contribution in [0.4, 0.5) is 0 Å². The first-order chi connectivity index (χ1) is 7.17. The summed E-state index contributed by atoms with van der Waals surface area (Å²) < 4.78 is 46.8. The predicted molar refractivity (Wildman–Crippen MR) is 61.9 cm³/mol. The maximum atomic E-state index is 11.9. The van der Waals surface area contributed by atoms with Crippen LogP contribution in [0.1, 0.15) is 13.8 Å². The smallest absolute Gasteiger partial charge is 0.181 e. The summed E-state index contributed by atoms with van der Waals surface area (Å²) in [5.74, 6) is 0. The van der Waals surface area contributed by atoms with Crippen LogP contribution in [-0.2, 0) is 19.7 Å². The second kappa shape index (κ2) is 4.18. The minimum absolute atomic E-state index is 0.118. The zero-order valence-corrected chi connectivity index (χ0v) is 11.0. The molecule has 0 aliphatic rings. The first-order valence-electron chi connectivity index (χ1n) is 4.70. The highest BCUT2D eigenvalue weighted by atomic mass is 32.2. The Bertz CT molecular complexity index is 583. The van der Waals surface area contributed by atoms with Gasteiger partial charge in [0.2, 0.25) is 0 Å². The molecule has 90 valence electrons. The highest BCUT2D eigenvalue weighted by molar-refractivity contribution is 7.94. The van der Waals surface area contributed by atoms with Crippen LogP contribution in [0.25, 0.3) is 0 Å². The Morgan fingerprint density at radius 2 is 1.38 bits per heavy atom. The van der Waals surface area contributed by atoms with Crippen LogP contribution >= 0.6 is 0 Å². The largest absolute Gasteiger partial charge is 0.224 e. The quantitative estimate of drug-likeness (QED) is 0.822. The van der Waals surface area contributed by atoms with Crippen molar-refractivity contribution in [1.29, 1.82) is 0 Å². The first kappa shape index (κ1) is 13.2. The van der Waals surface area contributed by atoms with E-state index in [0.717, 1.165) is 6.26 Å². The molecular weight excluding hydrogens is 248 g/mol. The molecule has 0 saturated heterocycles. The number of benzene rings is 1. The Morgan fingerprint density at radius 1 is 0.938 bits per heavy atom. The summed E-state index contributed by atoms with van der Waals surface area (Å²) in [6.07, 6.45) is 1.00. The summed E-state index contributed by atoms with van der Waals surface area (Å²) in [5, 5.41) is -0.643. The molecule has 0 aliphatic heterocycles. The van der Waals surface area contributed by atoms with Gasteiger partial charge in [-0.05, 0) is 26.0 Å². The molecule has 0 radical (unpaired) electrons. The van der Waals surface area contributed by atoms with Crippen molar-refractivity contribution < 1.29 is 16.8 Å². The van der Waals surface area contributed by atoms with Crippen LogP contribution in [-0.4, -0.2) is 28.3 Å². The molecule has 0 fully saturated rings. The zero-order valence-electron chi connectivity index (χ0n) is 9.34. The van der Waals surface area contributed by atoms with E-state index in [1.165, 1.54) is 38.1 Å². The third kappa shape index (κ3) is 2.44. The lowest BCUT2D eigenvalue weighted by Gasteiger charge is -2.11. The Morgan fingerprint density at radius 3 is 1.75 bits per heavy atom. The Hall–Kier alpha value is -0.880. The van der Waals surface area contributed by atoms with Crippen molar-refractivity contribution >= 4 is 19.7 Å². The predicted octanol–water partition coefficient (Wildman–Crippen LogP) is 1.27. The molecule has 1 aromatic carbocycles. The van der Waals surface area contributed by atoms with Crippen molar-refractivity contribution in [1.82, 2.24) is 0 Å². The van der Waals surface area contributed by atoms with Crippen LogP contribution in [0.5, 0.6) is 0 Å². The van der Waals surface area contributed by atoms with Crippen molar-refractivity contribution in [3.63, 3.8) is 0 Å². The first-order valence-corrected chi connectivity index (χ1v) is 8.14. The molecule has 0 atom stereocenters. The van der Waals surface area contributed by atoms with Gasteiger partial charge in [0, 0.05) is 6.26 Å². The summed E-state index contributed by atoms with van der Waals surface area (Å²) in [6, 6.07) is 5.66. The lowest BCUT2D eigenvalue weighted by atomic mass is 10.4. The summed E-state index contributed by atoms with van der Waals surface area (Å²) in [4.78, 5) is -0.254. The highest BCUT2D eigenvalue weighted by Crippen LogP contribution is 2.23. The van der Waals surface area contributed by atoms with E-state index >= 15 is 0 Å². The fourth-order valence-electron chi connectivity index (χ4n) is 1.25. The summed E-state index contributed by atoms with van der Waals surface area (Å²) in [5.41, 5.74) is 0. The van der Waals surface area contributed by atoms with Gasteiger partial charge in [0.1, 0.15) is 0 Å². The minimum atomic E-state index is -3.57. The lowest BCUT2D eigenvalue weighted by molar-refractivity contribution is 0.579. The van der Waals surface area contributed by atoms with Crippen molar-refractivity contribution in [3.05, 3.63) is 24.3 Å². The van der Waals surface area contributed by atoms with Gasteiger partial charge in [-0.2, -0.15) is 0 Å². The van der Waals surface area contributed by atoms with Gasteiger partial charge < -0.3 is 0 Å². The molecular formula is C10H14O4S2. The Labute approximate surface area is 96.1 Å². The second-order valence-corrected chi connectivity index (χ2v) is 8.27. The number of rotatable bonds is 3. The van der Waals surface area contributed by atoms with E-state index in [2.05, 4.69) is 0 Å². The van der Waals surface area contributed by atoms with Crippen LogP contribution in [0.15, 0.2) is 34.1 Å². The molecule has 0 N–H and O–H groups in total. The van der Waals surface area contributed by atoms with E-state index in [4.69, 9.17) is 0 Å². The lowest BCUT2D eigenvalue weighted by Crippen LogP contribution is -2.17. The van der Waals surface area contributed by atoms with E-state index in [9.17, 15) is 16.8 Å². The van der Waals surface area contributed by atoms with Crippen LogP contribution in [0.3, 0.4) is 0 Å². The average Bonchev–Trinajstić information content (AvgIpc) is 2.16. The molecule has 0 heterocycles. The van der Waals surface area contributed by atoms with Crippen molar-refractivity contribution in [2.75, 3.05) is 6.26 Å². The molecule has 4 nitrogen and oxygen atoms in total. The van der Waals surface area contributed by atoms with Crippen molar-refractivity contribution in [2.45, 2.75) is 28.9 Å². The average molecular weight is 262 g/mol. The van der Waals surface area contributed by atoms with Gasteiger partial charge in [-0.25, -0.2) is 16.8 Å². The summed E-state index contributed by atoms with van der Waals surface area (Å²) in [6.45, 7) is 3.04. The van der Waals surface area contributed by atoms with Crippen LogP contribution in [0.2, 0.25) is 0 Å². The van der Waals surface area contributed by atoms with E-state index < -0.39 is 24.9 Å². The van der Waals surface area contributed by atoms with Crippen LogP contribution in [0, 0.1) is 0 Å². The van der Waals surface area contributed by atoms with E-state index in [-0.39, 0.29) is 9.79 Å². The van der Waals surface area contributed by atoms with E-state index in [1.807, 2.05) is 0 Å². The topological polar surface area (TPSA) is 68.3 Å². The van der Waals surface area contributed by atoms with Crippen molar-refractivity contribution in [2.24, 2.45) is 0 Å². The molecule has 6 heteroatoms. The summed E-state index contributed by atoms with van der Waals surface area (Å²) >= 11 is 0. The fourth-order valence-corrected chi connectivity index (χ4v) is 3.93. The van der Waals surface area contributed by atoms with Crippen molar-refractivity contribution in [3.8, 4) is 0 Å². The molecule has 1 aromatic rings. The Balaban J connectivity index is 3.61. The minimum Gasteiger partial charge on any atom is -0.224 e. The maximum absolute atomic E-state index is 11.9. The molecule has 0 spiro atoms. The molecule has 0 bridgehead atoms. The number of sulfone groups is 2. The maximum Gasteiger partial charge on any atom is 0.181 e. The summed E-state index contributed by atoms with van der Waals surface area (Å²) in [7, 11) is -7.10. The van der Waals surface area contributed by atoms with Crippen LogP contribution < -0.4 is 0 Å². The second-order valence-electron chi connectivity index (χ2n) is 3.81. The molecule has 1 rings (SSSR count). The molecule has 16 heavy (non-hydrogen) atoms. The van der Waals surface area contributed by atoms with Gasteiger partial charge in [0.05, 0.1) is 15.0 Å². The van der Waals surface area contributed by atoms with Gasteiger partial charge in [0.15, 0.2) is 19.7 Å². The third-order valence-electron chi connectivity index (χ3n) is 2.18. The molecule has 0 saturated carbocycles. The number of hydrogen-bond acceptors (Lipinski definition) is 4. The SMILES string of the molecule is CC(C)S(=O)(=O)c1ccccc1S(C)(=O)=O. The number of hydrogen-bond donors (Lipinski definition) is 0. The molecule has 0 aliphatic carbocycles. The molecule has 0 amide bonds. The normalized spacial score (nSPS) is 13.0. The molecule has 0 aromatic heterocycles. The monoisotopic (exact) mass is 262 g/mol. The highest BCUT2D eigenvalue weighted by Gasteiger charge is 2.25. The van der Waals surface area contributed by atoms with E-state index in [1.54, 1.807) is 0 Å². The van der Waals surface area contributed by atoms with E-state index in [0.29, 0.717) is 0 Å². The van der Waals surface area contributed by atoms with Gasteiger partial charge in [-0.3, -0.25) is 0 Å². The van der Waals surface area contributed by atoms with Gasteiger partial charge in [0.25, 0.3) is 0 Å². The molecule has 0 unspecified atom stereocenters. The fraction of sp³-hybridized carbons (Fsp3) is 0.400. The van der Waals surface area contributed by atoms with Gasteiger partial charge in [-0.1, -0.05) is 12.1 Å². The zero-order chi connectivity index (χ0) is 12.6. The van der Waals surface area contributed by atoms with Gasteiger partial charge >= 0.3 is 0 Å². The Kier molecular flexibility index (Phi) is 3.44. The van der Waals surface area contributed by atoms with Gasteiger partial charge in [-0.15, -0.1) is 0 Å². The third-order valence-corrected chi connectivity index (χ3v) is 5.67. The standard InChI is InChI=1S/C10H14O4S2/c1-8(2)16(13,14)10-7-5-4-6-9(10)15(3,11)12/h4-8H,1-3H3.